The molecule has 0 N–H and O–H groups in total. The number of allylic oxidation sites excluding steroid dienone is 8. The predicted octanol–water partition coefficient (Wildman–Crippen LogP) is 7.07. The van der Waals surface area contributed by atoms with Gasteiger partial charge in [-0.05, 0) is 0 Å². The Bertz CT molecular complexity index is 1070. The van der Waals surface area contributed by atoms with Gasteiger partial charge in [0, 0.05) is 0 Å². The summed E-state index contributed by atoms with van der Waals surface area (Å²) in [5.41, 5.74) is 0. The first-order valence-corrected chi connectivity index (χ1v) is 14.2. The minimum absolute atomic E-state index is 0.0401. The molecule has 4 rings (SSSR count). The van der Waals surface area contributed by atoms with Crippen molar-refractivity contribution < 1.29 is 61.9 Å². The second kappa shape index (κ2) is 8.93. The number of hydrogen-bond acceptors (Lipinski definition) is 2. The van der Waals surface area contributed by atoms with Crippen molar-refractivity contribution >= 4 is 0 Å². The summed E-state index contributed by atoms with van der Waals surface area (Å²) in [6.07, 6.45) is 11.6. The van der Waals surface area contributed by atoms with Crippen molar-refractivity contribution in [3.05, 3.63) is 107 Å². The monoisotopic (exact) mass is 550 g/mol. The molecule has 0 aliphatic heterocycles. The van der Waals surface area contributed by atoms with Crippen molar-refractivity contribution in [2.24, 2.45) is 0 Å². The van der Waals surface area contributed by atoms with E-state index in [0.717, 1.165) is 0 Å². The molecule has 0 atom stereocenters. The molecule has 0 spiro atoms. The van der Waals surface area contributed by atoms with Gasteiger partial charge in [-0.3, -0.25) is 0 Å². The topological polar surface area (TPSA) is 18.5 Å². The van der Waals surface area contributed by atoms with E-state index in [9.17, 15) is 35.1 Å². The van der Waals surface area contributed by atoms with Crippen molar-refractivity contribution in [3.63, 3.8) is 0 Å². The average molecular weight is 552 g/mol. The second-order valence-electron chi connectivity index (χ2n) is 7.11. The molecule has 0 saturated heterocycles. The van der Waals surface area contributed by atoms with Gasteiger partial charge in [0.2, 0.25) is 0 Å². The fraction of sp³-hybridized carbons (Fsp3) is 0.0909. The molecule has 2 aliphatic carbocycles. The molecule has 2 aliphatic rings. The SMILES string of the molecule is Fc1cc(F)c(F)c([O][Zr]([O]c2c(F)c(F)cc(F)c2F)([CH]2C=CC=C2)[CH]2C=CC=C2)c1F. The molecule has 2 nitrogen and oxygen atoms in total. The maximum absolute atomic E-state index is 14.5. The van der Waals surface area contributed by atoms with E-state index in [4.69, 9.17) is 5.63 Å². The summed E-state index contributed by atoms with van der Waals surface area (Å²) in [7, 11) is 0. The number of benzene rings is 2. The molecule has 0 heterocycles. The third kappa shape index (κ3) is 4.07. The van der Waals surface area contributed by atoms with Gasteiger partial charge < -0.3 is 0 Å². The summed E-state index contributed by atoms with van der Waals surface area (Å²) in [6, 6.07) is -0.0801. The van der Waals surface area contributed by atoms with Crippen LogP contribution in [-0.2, 0) is 21.1 Å². The molecule has 0 amide bonds. The van der Waals surface area contributed by atoms with Crippen molar-refractivity contribution in [3.8, 4) is 11.5 Å². The molecule has 0 bridgehead atoms. The normalized spacial score (nSPS) is 15.8. The van der Waals surface area contributed by atoms with Crippen LogP contribution in [0.4, 0.5) is 35.1 Å². The summed E-state index contributed by atoms with van der Waals surface area (Å²) >= 11 is -5.64. The molecule has 0 saturated carbocycles. The van der Waals surface area contributed by atoms with Crippen LogP contribution < -0.4 is 5.63 Å². The van der Waals surface area contributed by atoms with Crippen molar-refractivity contribution in [1.82, 2.24) is 0 Å². The van der Waals surface area contributed by atoms with E-state index >= 15 is 0 Å². The van der Waals surface area contributed by atoms with Gasteiger partial charge in [-0.2, -0.15) is 0 Å². The van der Waals surface area contributed by atoms with Crippen molar-refractivity contribution in [1.29, 1.82) is 0 Å². The Morgan fingerprint density at radius 3 is 1.03 bits per heavy atom. The second-order valence-corrected chi connectivity index (χ2v) is 14.9. The molecule has 33 heavy (non-hydrogen) atoms. The van der Waals surface area contributed by atoms with Crippen molar-refractivity contribution in [2.75, 3.05) is 0 Å². The van der Waals surface area contributed by atoms with Gasteiger partial charge in [-0.1, -0.05) is 0 Å². The Morgan fingerprint density at radius 1 is 0.485 bits per heavy atom. The van der Waals surface area contributed by atoms with Crippen LogP contribution >= 0.6 is 0 Å². The van der Waals surface area contributed by atoms with Crippen LogP contribution in [0.3, 0.4) is 0 Å². The summed E-state index contributed by atoms with van der Waals surface area (Å²) in [4.78, 5) is 0. The Kier molecular flexibility index (Phi) is 6.35. The first-order valence-electron chi connectivity index (χ1n) is 9.39. The first kappa shape index (κ1) is 23.5. The Hall–Kier alpha value is -2.68. The van der Waals surface area contributed by atoms with Gasteiger partial charge in [0.05, 0.1) is 0 Å². The molecular formula is C22H12F8O2Zr. The van der Waals surface area contributed by atoms with E-state index in [1.54, 1.807) is 0 Å². The first-order chi connectivity index (χ1) is 15.7. The van der Waals surface area contributed by atoms with Gasteiger partial charge in [0.1, 0.15) is 0 Å². The summed E-state index contributed by atoms with van der Waals surface area (Å²) < 4.78 is 123. The zero-order valence-electron chi connectivity index (χ0n) is 16.3. The van der Waals surface area contributed by atoms with Gasteiger partial charge in [-0.15, -0.1) is 0 Å². The van der Waals surface area contributed by atoms with Gasteiger partial charge in [-0.25, -0.2) is 0 Å². The summed E-state index contributed by atoms with van der Waals surface area (Å²) in [5.74, 6) is -17.7. The molecule has 0 radical (unpaired) electrons. The molecule has 2 aromatic carbocycles. The fourth-order valence-electron chi connectivity index (χ4n) is 3.52. The van der Waals surface area contributed by atoms with E-state index in [2.05, 4.69) is 0 Å². The van der Waals surface area contributed by atoms with E-state index in [-0.39, 0.29) is 12.1 Å². The Balaban J connectivity index is 1.96. The Morgan fingerprint density at radius 2 is 0.758 bits per heavy atom. The van der Waals surface area contributed by atoms with Crippen LogP contribution in [0.15, 0.2) is 60.7 Å². The standard InChI is InChI=1S/2C6H2F4O.2C5H5.Zr/c2*7-2-1-3(8)5(10)6(11)4(2)9;2*1-2-4-5-3-1;/h2*1,11H;2*1-5H;/q;;;;+2/p-2. The molecule has 0 unspecified atom stereocenters. The molecular weight excluding hydrogens is 539 g/mol. The zero-order valence-corrected chi connectivity index (χ0v) is 18.7. The minimum atomic E-state index is -5.64. The van der Waals surface area contributed by atoms with Gasteiger partial charge >= 0.3 is 188 Å². The van der Waals surface area contributed by atoms with Crippen LogP contribution in [0.2, 0.25) is 7.25 Å². The number of rotatable bonds is 6. The summed E-state index contributed by atoms with van der Waals surface area (Å²) in [5, 5.41) is 0. The quantitative estimate of drug-likeness (QED) is 0.283. The molecule has 0 fully saturated rings. The third-order valence-electron chi connectivity index (χ3n) is 5.09. The van der Waals surface area contributed by atoms with Gasteiger partial charge in [0.15, 0.2) is 0 Å². The molecule has 0 aromatic heterocycles. The molecule has 2 aromatic rings. The fourth-order valence-corrected chi connectivity index (χ4v) is 12.2. The van der Waals surface area contributed by atoms with Crippen LogP contribution in [0.1, 0.15) is 0 Å². The van der Waals surface area contributed by atoms with Crippen molar-refractivity contribution in [2.45, 2.75) is 7.25 Å². The molecule has 11 heteroatoms. The van der Waals surface area contributed by atoms with Crippen LogP contribution in [0, 0.1) is 46.5 Å². The van der Waals surface area contributed by atoms with E-state index in [1.165, 1.54) is 48.6 Å². The Labute approximate surface area is 187 Å². The van der Waals surface area contributed by atoms with E-state index in [0.29, 0.717) is 0 Å². The van der Waals surface area contributed by atoms with Crippen LogP contribution in [-0.4, -0.2) is 0 Å². The zero-order chi connectivity index (χ0) is 23.9. The molecule has 172 valence electrons. The van der Waals surface area contributed by atoms with Gasteiger partial charge in [0.25, 0.3) is 0 Å². The third-order valence-corrected chi connectivity index (χ3v) is 14.1. The average Bonchev–Trinajstić information content (AvgIpc) is 3.50. The van der Waals surface area contributed by atoms with E-state index in [1.807, 2.05) is 0 Å². The summed E-state index contributed by atoms with van der Waals surface area (Å²) in [6.45, 7) is 0. The predicted molar refractivity (Wildman–Crippen MR) is 97.9 cm³/mol. The van der Waals surface area contributed by atoms with Crippen LogP contribution in [0.25, 0.3) is 0 Å². The van der Waals surface area contributed by atoms with E-state index < -0.39 is 86.4 Å². The number of halogens is 8. The van der Waals surface area contributed by atoms with Crippen LogP contribution in [0.5, 0.6) is 11.5 Å². The number of hydrogen-bond donors (Lipinski definition) is 0. The maximum atomic E-state index is 14.5.